The van der Waals surface area contributed by atoms with Crippen molar-refractivity contribution in [3.63, 3.8) is 0 Å². The van der Waals surface area contributed by atoms with Crippen molar-refractivity contribution in [2.24, 2.45) is 5.92 Å². The smallest absolute Gasteiger partial charge is 0.286 e. The summed E-state index contributed by atoms with van der Waals surface area (Å²) < 4.78 is 48.8. The third-order valence-corrected chi connectivity index (χ3v) is 8.31. The van der Waals surface area contributed by atoms with Crippen LogP contribution in [0.1, 0.15) is 85.5 Å². The van der Waals surface area contributed by atoms with Crippen molar-refractivity contribution in [1.82, 2.24) is 15.3 Å². The first kappa shape index (κ1) is 26.6. The highest BCUT2D eigenvalue weighted by Gasteiger charge is 2.56. The first-order valence-corrected chi connectivity index (χ1v) is 13.3. The minimum Gasteiger partial charge on any atom is -0.378 e. The molecular weight excluding hydrogens is 497 g/mol. The molecule has 2 aliphatic heterocycles. The average Bonchev–Trinajstić information content (AvgIpc) is 2.90. The molecule has 1 aliphatic carbocycles. The molecule has 0 radical (unpaired) electrons. The number of fused-ring (bicyclic) bond motifs is 3. The first-order valence-electron chi connectivity index (χ1n) is 13.3. The van der Waals surface area contributed by atoms with Gasteiger partial charge in [0.1, 0.15) is 11.5 Å². The van der Waals surface area contributed by atoms with Crippen LogP contribution in [0.25, 0.3) is 0 Å². The number of alkyl halides is 3. The van der Waals surface area contributed by atoms with E-state index in [1.807, 2.05) is 6.07 Å². The van der Waals surface area contributed by atoms with E-state index in [-0.39, 0.29) is 24.1 Å². The van der Waals surface area contributed by atoms with Crippen molar-refractivity contribution in [3.05, 3.63) is 53.0 Å². The summed E-state index contributed by atoms with van der Waals surface area (Å²) in [5, 5.41) is 3.01. The molecule has 0 bridgehead atoms. The summed E-state index contributed by atoms with van der Waals surface area (Å²) in [5.41, 5.74) is -0.721. The molecular formula is C28H33F3N4O3. The Morgan fingerprint density at radius 1 is 1.26 bits per heavy atom. The van der Waals surface area contributed by atoms with E-state index in [0.717, 1.165) is 37.0 Å². The number of anilines is 1. The molecule has 3 aliphatic rings. The van der Waals surface area contributed by atoms with Crippen LogP contribution < -0.4 is 10.2 Å². The van der Waals surface area contributed by atoms with Gasteiger partial charge in [-0.1, -0.05) is 6.92 Å². The molecule has 38 heavy (non-hydrogen) atoms. The Labute approximate surface area is 220 Å². The molecule has 2 fully saturated rings. The van der Waals surface area contributed by atoms with E-state index < -0.39 is 35.0 Å². The maximum absolute atomic E-state index is 16.0. The molecule has 4 heterocycles. The number of carbonyl (C=O) groups is 2. The fraction of sp³-hybridized carbons (Fsp3) is 0.571. The number of aromatic nitrogens is 2. The molecule has 5 atom stereocenters. The number of ether oxygens (including phenoxy) is 1. The highest BCUT2D eigenvalue weighted by molar-refractivity contribution is 6.02. The molecule has 2 aromatic rings. The number of pyridine rings is 2. The summed E-state index contributed by atoms with van der Waals surface area (Å²) in [6.07, 6.45) is 5.64. The number of carbonyl (C=O) groups excluding carboxylic acids is 2. The molecule has 4 unspecified atom stereocenters. The van der Waals surface area contributed by atoms with E-state index in [4.69, 9.17) is 4.74 Å². The van der Waals surface area contributed by atoms with Gasteiger partial charge in [0.25, 0.3) is 17.7 Å². The molecule has 1 saturated carbocycles. The predicted octanol–water partition coefficient (Wildman–Crippen LogP) is 4.87. The Morgan fingerprint density at radius 3 is 2.79 bits per heavy atom. The highest BCUT2D eigenvalue weighted by atomic mass is 19.3. The van der Waals surface area contributed by atoms with Crippen LogP contribution in [0.5, 0.6) is 0 Å². The van der Waals surface area contributed by atoms with E-state index in [1.165, 1.54) is 17.2 Å². The highest BCUT2D eigenvalue weighted by Crippen LogP contribution is 2.48. The maximum Gasteiger partial charge on any atom is 0.286 e. The Hall–Kier alpha value is -3.01. The number of amides is 2. The molecule has 2 aromatic heterocycles. The monoisotopic (exact) mass is 530 g/mol. The van der Waals surface area contributed by atoms with Crippen LogP contribution in [-0.4, -0.2) is 53.3 Å². The summed E-state index contributed by atoms with van der Waals surface area (Å²) in [4.78, 5) is 35.7. The zero-order chi connectivity index (χ0) is 27.2. The SMILES string of the molecule is CCN1C(=O)C2(F)COCC[C@@H]2c2cc(C3CC(NC(=O)c4ccnc(C(C)(F)F)c4)CCC3C)cnc21. The summed E-state index contributed by atoms with van der Waals surface area (Å²) in [5.74, 6) is -3.89. The van der Waals surface area contributed by atoms with Gasteiger partial charge < -0.3 is 10.1 Å². The molecule has 1 saturated heterocycles. The fourth-order valence-electron chi connectivity index (χ4n) is 6.15. The number of nitrogens with zero attached hydrogens (tertiary/aromatic N) is 3. The van der Waals surface area contributed by atoms with Crippen LogP contribution in [0.3, 0.4) is 0 Å². The molecule has 0 spiro atoms. The summed E-state index contributed by atoms with van der Waals surface area (Å²) >= 11 is 0. The number of rotatable bonds is 5. The van der Waals surface area contributed by atoms with Crippen molar-refractivity contribution in [2.75, 3.05) is 24.7 Å². The minimum atomic E-state index is -3.14. The topological polar surface area (TPSA) is 84.4 Å². The van der Waals surface area contributed by atoms with Crippen LogP contribution in [-0.2, 0) is 15.5 Å². The van der Waals surface area contributed by atoms with E-state index in [0.29, 0.717) is 37.7 Å². The third kappa shape index (κ3) is 4.67. The molecule has 7 nitrogen and oxygen atoms in total. The lowest BCUT2D eigenvalue weighted by atomic mass is 9.72. The second-order valence-electron chi connectivity index (χ2n) is 10.9. The van der Waals surface area contributed by atoms with Gasteiger partial charge in [0, 0.05) is 55.6 Å². The molecule has 2 amide bonds. The van der Waals surface area contributed by atoms with E-state index >= 15 is 4.39 Å². The Balaban J connectivity index is 1.38. The summed E-state index contributed by atoms with van der Waals surface area (Å²) in [6, 6.07) is 4.39. The molecule has 0 aromatic carbocycles. The molecule has 1 N–H and O–H groups in total. The van der Waals surface area contributed by atoms with Gasteiger partial charge in [-0.25, -0.2) is 9.37 Å². The lowest BCUT2D eigenvalue weighted by molar-refractivity contribution is -0.143. The summed E-state index contributed by atoms with van der Waals surface area (Å²) in [7, 11) is 0. The van der Waals surface area contributed by atoms with E-state index in [2.05, 4.69) is 22.2 Å². The lowest BCUT2D eigenvalue weighted by Gasteiger charge is -2.45. The number of hydrogen-bond acceptors (Lipinski definition) is 5. The van der Waals surface area contributed by atoms with Crippen molar-refractivity contribution >= 4 is 17.6 Å². The maximum atomic E-state index is 16.0. The zero-order valence-electron chi connectivity index (χ0n) is 21.8. The van der Waals surface area contributed by atoms with Crippen LogP contribution in [0.4, 0.5) is 19.0 Å². The van der Waals surface area contributed by atoms with Gasteiger partial charge in [-0.3, -0.25) is 19.5 Å². The predicted molar refractivity (Wildman–Crippen MR) is 135 cm³/mol. The van der Waals surface area contributed by atoms with E-state index in [9.17, 15) is 18.4 Å². The number of nitrogens with one attached hydrogen (secondary N) is 1. The van der Waals surface area contributed by atoms with Crippen molar-refractivity contribution in [2.45, 2.75) is 75.9 Å². The van der Waals surface area contributed by atoms with Crippen molar-refractivity contribution in [3.8, 4) is 0 Å². The standard InChI is InChI=1S/C28H33F3N4O3/c1-4-35-24-21(22-8-10-38-15-28(22,31)26(35)37)11-18(14-33-24)20-13-19(6-5-16(20)2)34-25(36)17-7-9-32-23(12-17)27(3,29)30/h7,9,11-12,14,16,19-20,22H,4-6,8,10,13,15H2,1-3H3,(H,34,36)/t16?,19?,20?,22-,28?/m1/s1. The van der Waals surface area contributed by atoms with Gasteiger partial charge in [0.05, 0.1) is 6.61 Å². The average molecular weight is 531 g/mol. The normalized spacial score (nSPS) is 29.4. The van der Waals surface area contributed by atoms with Gasteiger partial charge in [-0.05, 0) is 68.2 Å². The number of halogens is 3. The van der Waals surface area contributed by atoms with Crippen LogP contribution in [0, 0.1) is 5.92 Å². The quantitative estimate of drug-likeness (QED) is 0.597. The van der Waals surface area contributed by atoms with Gasteiger partial charge in [0.15, 0.2) is 0 Å². The van der Waals surface area contributed by atoms with Gasteiger partial charge >= 0.3 is 0 Å². The largest absolute Gasteiger partial charge is 0.378 e. The van der Waals surface area contributed by atoms with Crippen molar-refractivity contribution < 1.29 is 27.5 Å². The Kier molecular flexibility index (Phi) is 6.96. The van der Waals surface area contributed by atoms with Crippen molar-refractivity contribution in [1.29, 1.82) is 0 Å². The fourth-order valence-corrected chi connectivity index (χ4v) is 6.15. The minimum absolute atomic E-state index is 0.0568. The molecule has 204 valence electrons. The van der Waals surface area contributed by atoms with Crippen LogP contribution in [0.15, 0.2) is 30.6 Å². The van der Waals surface area contributed by atoms with Gasteiger partial charge in [0.2, 0.25) is 5.67 Å². The first-order chi connectivity index (χ1) is 18.0. The molecule has 5 rings (SSSR count). The van der Waals surface area contributed by atoms with E-state index in [1.54, 1.807) is 13.1 Å². The Morgan fingerprint density at radius 2 is 2.05 bits per heavy atom. The van der Waals surface area contributed by atoms with Gasteiger partial charge in [-0.2, -0.15) is 8.78 Å². The molecule has 10 heteroatoms. The lowest BCUT2D eigenvalue weighted by Crippen LogP contribution is -2.58. The number of hydrogen-bond donors (Lipinski definition) is 1. The zero-order valence-corrected chi connectivity index (χ0v) is 21.8. The van der Waals surface area contributed by atoms with Crippen LogP contribution >= 0.6 is 0 Å². The van der Waals surface area contributed by atoms with Crippen LogP contribution in [0.2, 0.25) is 0 Å². The second-order valence-corrected chi connectivity index (χ2v) is 10.9. The Bertz CT molecular complexity index is 1240. The van der Waals surface area contributed by atoms with Gasteiger partial charge in [-0.15, -0.1) is 0 Å². The third-order valence-electron chi connectivity index (χ3n) is 8.31. The second kappa shape index (κ2) is 9.94. The summed E-state index contributed by atoms with van der Waals surface area (Å²) in [6.45, 7) is 5.13.